The zero-order valence-electron chi connectivity index (χ0n) is 15.5. The van der Waals surface area contributed by atoms with Crippen molar-refractivity contribution >= 4 is 17.3 Å². The lowest BCUT2D eigenvalue weighted by atomic mass is 10.1. The molecule has 0 spiro atoms. The van der Waals surface area contributed by atoms with E-state index in [1.165, 1.54) is 17.1 Å². The van der Waals surface area contributed by atoms with Crippen LogP contribution in [0.5, 0.6) is 5.75 Å². The lowest BCUT2D eigenvalue weighted by molar-refractivity contribution is -0.384. The molecule has 10 heteroatoms. The maximum absolute atomic E-state index is 12.5. The van der Waals surface area contributed by atoms with Crippen molar-refractivity contribution in [3.63, 3.8) is 0 Å². The first-order valence-electron chi connectivity index (χ1n) is 9.21. The van der Waals surface area contributed by atoms with Gasteiger partial charge < -0.3 is 9.64 Å². The molecular formula is C19H18N6O4. The standard InChI is InChI=1S/C19H18N6O4/c26-19(29-16-7-5-15(6-8-16)24-13-20-21-22-24)14-4-9-17(18(12-14)25(27)28)23-10-2-1-3-11-23/h4-9,12-13H,1-3,10-11H2. The molecule has 2 heterocycles. The van der Waals surface area contributed by atoms with Crippen LogP contribution in [0.3, 0.4) is 0 Å². The molecule has 10 nitrogen and oxygen atoms in total. The SMILES string of the molecule is O=C(Oc1ccc(-n2cnnn2)cc1)c1ccc(N2CCCCC2)c([N+](=O)[O-])c1. The van der Waals surface area contributed by atoms with Crippen molar-refractivity contribution in [2.75, 3.05) is 18.0 Å². The number of ether oxygens (including phenoxy) is 1. The smallest absolute Gasteiger partial charge is 0.343 e. The Hall–Kier alpha value is -3.82. The highest BCUT2D eigenvalue weighted by atomic mass is 16.6. The fraction of sp³-hybridized carbons (Fsp3) is 0.263. The third kappa shape index (κ3) is 4.05. The summed E-state index contributed by atoms with van der Waals surface area (Å²) in [6.45, 7) is 1.55. The minimum absolute atomic E-state index is 0.0876. The Labute approximate surface area is 165 Å². The van der Waals surface area contributed by atoms with Crippen molar-refractivity contribution in [3.8, 4) is 11.4 Å². The van der Waals surface area contributed by atoms with Gasteiger partial charge in [-0.1, -0.05) is 0 Å². The van der Waals surface area contributed by atoms with Gasteiger partial charge in [-0.15, -0.1) is 5.10 Å². The summed E-state index contributed by atoms with van der Waals surface area (Å²) in [7, 11) is 0. The van der Waals surface area contributed by atoms with Gasteiger partial charge in [0.05, 0.1) is 16.2 Å². The summed E-state index contributed by atoms with van der Waals surface area (Å²) in [6, 6.07) is 11.1. The summed E-state index contributed by atoms with van der Waals surface area (Å²) in [5.41, 5.74) is 1.28. The molecule has 1 aliphatic heterocycles. The molecule has 1 aromatic heterocycles. The predicted molar refractivity (Wildman–Crippen MR) is 103 cm³/mol. The highest BCUT2D eigenvalue weighted by Gasteiger charge is 2.23. The maximum atomic E-state index is 12.5. The Morgan fingerprint density at radius 1 is 1.07 bits per heavy atom. The molecule has 4 rings (SSSR count). The van der Waals surface area contributed by atoms with E-state index in [4.69, 9.17) is 4.74 Å². The largest absolute Gasteiger partial charge is 0.423 e. The van der Waals surface area contributed by atoms with Crippen LogP contribution in [0.25, 0.3) is 5.69 Å². The Kier molecular flexibility index (Phi) is 5.14. The quantitative estimate of drug-likeness (QED) is 0.281. The molecule has 0 saturated carbocycles. The van der Waals surface area contributed by atoms with E-state index in [2.05, 4.69) is 15.5 Å². The number of carbonyl (C=O) groups is 1. The number of rotatable bonds is 5. The van der Waals surface area contributed by atoms with Crippen LogP contribution in [0, 0.1) is 10.1 Å². The lowest BCUT2D eigenvalue weighted by Crippen LogP contribution is -2.30. The molecule has 0 N–H and O–H groups in total. The van der Waals surface area contributed by atoms with E-state index in [9.17, 15) is 14.9 Å². The van der Waals surface area contributed by atoms with Gasteiger partial charge in [-0.3, -0.25) is 10.1 Å². The van der Waals surface area contributed by atoms with Gasteiger partial charge in [-0.25, -0.2) is 9.48 Å². The number of nitrogens with zero attached hydrogens (tertiary/aromatic N) is 6. The summed E-state index contributed by atoms with van der Waals surface area (Å²) < 4.78 is 6.82. The fourth-order valence-electron chi connectivity index (χ4n) is 3.31. The monoisotopic (exact) mass is 394 g/mol. The zero-order valence-corrected chi connectivity index (χ0v) is 15.5. The Bertz CT molecular complexity index is 1010. The van der Waals surface area contributed by atoms with Gasteiger partial charge in [0.2, 0.25) is 0 Å². The predicted octanol–water partition coefficient (Wildman–Crippen LogP) is 2.78. The molecule has 0 unspecified atom stereocenters. The number of piperidine rings is 1. The van der Waals surface area contributed by atoms with Crippen LogP contribution < -0.4 is 9.64 Å². The number of benzene rings is 2. The average Bonchev–Trinajstić information content (AvgIpc) is 3.29. The van der Waals surface area contributed by atoms with Crippen LogP contribution >= 0.6 is 0 Å². The summed E-state index contributed by atoms with van der Waals surface area (Å²) in [5.74, 6) is -0.344. The molecule has 0 aliphatic carbocycles. The van der Waals surface area contributed by atoms with E-state index < -0.39 is 10.9 Å². The van der Waals surface area contributed by atoms with E-state index in [1.807, 2.05) is 4.90 Å². The molecule has 2 aromatic carbocycles. The summed E-state index contributed by atoms with van der Waals surface area (Å²) in [6.07, 6.45) is 4.58. The number of carbonyl (C=O) groups excluding carboxylic acids is 1. The normalized spacial score (nSPS) is 13.9. The first kappa shape index (κ1) is 18.5. The van der Waals surface area contributed by atoms with Crippen LogP contribution in [0.2, 0.25) is 0 Å². The minimum Gasteiger partial charge on any atom is -0.423 e. The van der Waals surface area contributed by atoms with Crippen molar-refractivity contribution < 1.29 is 14.5 Å². The first-order valence-corrected chi connectivity index (χ1v) is 9.21. The minimum atomic E-state index is -0.659. The molecule has 0 bridgehead atoms. The third-order valence-electron chi connectivity index (χ3n) is 4.77. The van der Waals surface area contributed by atoms with Crippen LogP contribution in [0.1, 0.15) is 29.6 Å². The second-order valence-corrected chi connectivity index (χ2v) is 6.65. The number of hydrogen-bond donors (Lipinski definition) is 0. The van der Waals surface area contributed by atoms with Crippen LogP contribution in [0.4, 0.5) is 11.4 Å². The molecule has 29 heavy (non-hydrogen) atoms. The van der Waals surface area contributed by atoms with Crippen LogP contribution in [-0.2, 0) is 0 Å². The number of hydrogen-bond acceptors (Lipinski definition) is 8. The third-order valence-corrected chi connectivity index (χ3v) is 4.77. The van der Waals surface area contributed by atoms with Crippen molar-refractivity contribution in [1.29, 1.82) is 0 Å². The highest BCUT2D eigenvalue weighted by molar-refractivity contribution is 5.93. The molecule has 0 amide bonds. The van der Waals surface area contributed by atoms with E-state index in [-0.39, 0.29) is 11.3 Å². The highest BCUT2D eigenvalue weighted by Crippen LogP contribution is 2.31. The lowest BCUT2D eigenvalue weighted by Gasteiger charge is -2.28. The van der Waals surface area contributed by atoms with Gasteiger partial charge in [0.15, 0.2) is 0 Å². The zero-order chi connectivity index (χ0) is 20.2. The topological polar surface area (TPSA) is 116 Å². The van der Waals surface area contributed by atoms with Crippen molar-refractivity contribution in [2.24, 2.45) is 0 Å². The molecule has 0 atom stereocenters. The van der Waals surface area contributed by atoms with Gasteiger partial charge in [0.25, 0.3) is 5.69 Å². The van der Waals surface area contributed by atoms with Gasteiger partial charge in [-0.2, -0.15) is 0 Å². The van der Waals surface area contributed by atoms with E-state index in [0.29, 0.717) is 17.1 Å². The first-order chi connectivity index (χ1) is 14.1. The van der Waals surface area contributed by atoms with Crippen LogP contribution in [-0.4, -0.2) is 44.2 Å². The molecule has 3 aromatic rings. The molecular weight excluding hydrogens is 376 g/mol. The fourth-order valence-corrected chi connectivity index (χ4v) is 3.31. The van der Waals surface area contributed by atoms with E-state index >= 15 is 0 Å². The number of anilines is 1. The Morgan fingerprint density at radius 3 is 2.48 bits per heavy atom. The molecule has 148 valence electrons. The average molecular weight is 394 g/mol. The Morgan fingerprint density at radius 2 is 1.83 bits per heavy atom. The maximum Gasteiger partial charge on any atom is 0.343 e. The summed E-state index contributed by atoms with van der Waals surface area (Å²) >= 11 is 0. The number of esters is 1. The molecule has 0 radical (unpaired) electrons. The van der Waals surface area contributed by atoms with Crippen LogP contribution in [0.15, 0.2) is 48.8 Å². The Balaban J connectivity index is 1.52. The summed E-state index contributed by atoms with van der Waals surface area (Å²) in [5, 5.41) is 22.5. The van der Waals surface area contributed by atoms with E-state index in [1.54, 1.807) is 36.4 Å². The second kappa shape index (κ2) is 8.05. The number of aromatic nitrogens is 4. The number of nitro benzene ring substituents is 1. The van der Waals surface area contributed by atoms with Crippen molar-refractivity contribution in [2.45, 2.75) is 19.3 Å². The number of nitro groups is 1. The van der Waals surface area contributed by atoms with Gasteiger partial charge in [0, 0.05) is 19.2 Å². The van der Waals surface area contributed by atoms with Gasteiger partial charge in [-0.05, 0) is 66.1 Å². The van der Waals surface area contributed by atoms with Crippen molar-refractivity contribution in [1.82, 2.24) is 20.2 Å². The molecule has 1 aliphatic rings. The van der Waals surface area contributed by atoms with Gasteiger partial charge in [0.1, 0.15) is 17.8 Å². The van der Waals surface area contributed by atoms with Crippen molar-refractivity contribution in [3.05, 3.63) is 64.5 Å². The van der Waals surface area contributed by atoms with E-state index in [0.717, 1.165) is 32.4 Å². The molecule has 1 fully saturated rings. The summed E-state index contributed by atoms with van der Waals surface area (Å²) in [4.78, 5) is 25.6. The second-order valence-electron chi connectivity index (χ2n) is 6.65. The molecule has 1 saturated heterocycles. The van der Waals surface area contributed by atoms with Gasteiger partial charge >= 0.3 is 5.97 Å². The number of tetrazole rings is 1.